The van der Waals surface area contributed by atoms with Crippen molar-refractivity contribution in [1.82, 2.24) is 9.78 Å². The lowest BCUT2D eigenvalue weighted by molar-refractivity contribution is 0.100. The first-order chi connectivity index (χ1) is 14.1. The number of hydrogen-bond donors (Lipinski definition) is 1. The summed E-state index contributed by atoms with van der Waals surface area (Å²) in [6, 6.07) is 28.4. The number of fused-ring (bicyclic) bond motifs is 2. The highest BCUT2D eigenvalue weighted by atomic mass is 16.1. The Morgan fingerprint density at radius 3 is 2.00 bits per heavy atom. The van der Waals surface area contributed by atoms with Crippen molar-refractivity contribution in [3.05, 3.63) is 96.2 Å². The fourth-order valence-electron chi connectivity index (χ4n) is 3.93. The summed E-state index contributed by atoms with van der Waals surface area (Å²) >= 11 is 0. The largest absolute Gasteiger partial charge is 0.366 e. The lowest BCUT2D eigenvalue weighted by Gasteiger charge is -2.14. The summed E-state index contributed by atoms with van der Waals surface area (Å²) in [6.07, 6.45) is 0. The van der Waals surface area contributed by atoms with E-state index in [0.29, 0.717) is 5.56 Å². The molecule has 4 aromatic carbocycles. The lowest BCUT2D eigenvalue weighted by Crippen LogP contribution is -2.11. The van der Waals surface area contributed by atoms with Crippen molar-refractivity contribution >= 4 is 27.5 Å². The van der Waals surface area contributed by atoms with E-state index < -0.39 is 5.91 Å². The molecule has 1 aromatic heterocycles. The average Bonchev–Trinajstić information content (AvgIpc) is 3.13. The summed E-state index contributed by atoms with van der Waals surface area (Å²) in [5.74, 6) is -0.437. The molecule has 1 heterocycles. The topological polar surface area (TPSA) is 60.9 Å². The van der Waals surface area contributed by atoms with Crippen molar-refractivity contribution in [3.8, 4) is 16.9 Å². The van der Waals surface area contributed by atoms with Crippen LogP contribution in [0.5, 0.6) is 0 Å². The van der Waals surface area contributed by atoms with Gasteiger partial charge in [-0.15, -0.1) is 0 Å². The molecule has 2 N–H and O–H groups in total. The van der Waals surface area contributed by atoms with Gasteiger partial charge >= 0.3 is 0 Å². The molecule has 29 heavy (non-hydrogen) atoms. The highest BCUT2D eigenvalue weighted by Crippen LogP contribution is 2.37. The van der Waals surface area contributed by atoms with Gasteiger partial charge in [-0.1, -0.05) is 48.5 Å². The van der Waals surface area contributed by atoms with E-state index in [2.05, 4.69) is 60.7 Å². The number of hydrogen-bond acceptors (Lipinski definition) is 2. The SMILES string of the molecule is Cc1cc(-c2c3ccccc3cc3ccccc23)n(-c2ccc(C(N)=O)cc2)n1. The maximum atomic E-state index is 11.4. The zero-order valence-corrected chi connectivity index (χ0v) is 16.0. The minimum atomic E-state index is -0.437. The number of aryl methyl sites for hydroxylation is 1. The second kappa shape index (κ2) is 6.60. The van der Waals surface area contributed by atoms with Crippen LogP contribution in [0.15, 0.2) is 84.9 Å². The predicted molar refractivity (Wildman–Crippen MR) is 117 cm³/mol. The van der Waals surface area contributed by atoms with Crippen LogP contribution in [0.2, 0.25) is 0 Å². The van der Waals surface area contributed by atoms with Gasteiger partial charge < -0.3 is 5.73 Å². The van der Waals surface area contributed by atoms with E-state index in [9.17, 15) is 4.79 Å². The Bertz CT molecular complexity index is 1330. The third kappa shape index (κ3) is 2.86. The first-order valence-electron chi connectivity index (χ1n) is 9.49. The van der Waals surface area contributed by atoms with Crippen LogP contribution in [-0.4, -0.2) is 15.7 Å². The standard InChI is InChI=1S/C25H19N3O/c1-16-14-23(28(27-16)20-12-10-17(11-13-20)25(26)29)24-21-8-4-2-6-18(21)15-19-7-3-5-9-22(19)24/h2-15H,1H3,(H2,26,29). The first kappa shape index (κ1) is 17.2. The first-order valence-corrected chi connectivity index (χ1v) is 9.49. The molecular weight excluding hydrogens is 358 g/mol. The van der Waals surface area contributed by atoms with E-state index in [0.717, 1.165) is 22.6 Å². The second-order valence-corrected chi connectivity index (χ2v) is 7.19. The molecule has 4 nitrogen and oxygen atoms in total. The zero-order chi connectivity index (χ0) is 20.0. The van der Waals surface area contributed by atoms with E-state index in [1.165, 1.54) is 21.5 Å². The van der Waals surface area contributed by atoms with E-state index in [4.69, 9.17) is 10.8 Å². The lowest BCUT2D eigenvalue weighted by atomic mass is 9.94. The predicted octanol–water partition coefficient (Wildman–Crippen LogP) is 5.25. The normalized spacial score (nSPS) is 11.2. The van der Waals surface area contributed by atoms with Gasteiger partial charge in [-0.2, -0.15) is 5.10 Å². The number of rotatable bonds is 3. The maximum Gasteiger partial charge on any atom is 0.248 e. The summed E-state index contributed by atoms with van der Waals surface area (Å²) in [6.45, 7) is 1.99. The Hall–Kier alpha value is -3.92. The number of primary amides is 1. The van der Waals surface area contributed by atoms with Gasteiger partial charge in [0.25, 0.3) is 0 Å². The van der Waals surface area contributed by atoms with Crippen LogP contribution in [-0.2, 0) is 0 Å². The summed E-state index contributed by atoms with van der Waals surface area (Å²) in [7, 11) is 0. The van der Waals surface area contributed by atoms with Crippen LogP contribution in [0.4, 0.5) is 0 Å². The number of carbonyl (C=O) groups is 1. The van der Waals surface area contributed by atoms with Gasteiger partial charge in [-0.05, 0) is 64.9 Å². The number of carbonyl (C=O) groups excluding carboxylic acids is 1. The van der Waals surface area contributed by atoms with Crippen molar-refractivity contribution in [3.63, 3.8) is 0 Å². The second-order valence-electron chi connectivity index (χ2n) is 7.19. The molecule has 0 saturated heterocycles. The highest BCUT2D eigenvalue weighted by Gasteiger charge is 2.16. The van der Waals surface area contributed by atoms with Crippen LogP contribution in [0.25, 0.3) is 38.5 Å². The van der Waals surface area contributed by atoms with Crippen molar-refractivity contribution < 1.29 is 4.79 Å². The van der Waals surface area contributed by atoms with Crippen LogP contribution in [0, 0.1) is 6.92 Å². The van der Waals surface area contributed by atoms with Crippen molar-refractivity contribution in [2.75, 3.05) is 0 Å². The summed E-state index contributed by atoms with van der Waals surface area (Å²) in [4.78, 5) is 11.4. The van der Waals surface area contributed by atoms with Gasteiger partial charge in [0.2, 0.25) is 5.91 Å². The minimum absolute atomic E-state index is 0.437. The molecule has 5 aromatic rings. The fourth-order valence-corrected chi connectivity index (χ4v) is 3.93. The van der Waals surface area contributed by atoms with Crippen molar-refractivity contribution in [1.29, 1.82) is 0 Å². The molecule has 0 aliphatic heterocycles. The molecule has 0 unspecified atom stereocenters. The number of nitrogens with two attached hydrogens (primary N) is 1. The Morgan fingerprint density at radius 2 is 1.41 bits per heavy atom. The van der Waals surface area contributed by atoms with Crippen LogP contribution < -0.4 is 5.73 Å². The fraction of sp³-hybridized carbons (Fsp3) is 0.0400. The van der Waals surface area contributed by atoms with E-state index in [1.54, 1.807) is 12.1 Å². The van der Waals surface area contributed by atoms with Crippen LogP contribution >= 0.6 is 0 Å². The quantitative estimate of drug-likeness (QED) is 0.436. The molecule has 5 rings (SSSR count). The number of aromatic nitrogens is 2. The van der Waals surface area contributed by atoms with E-state index in [1.807, 2.05) is 23.7 Å². The third-order valence-electron chi connectivity index (χ3n) is 5.26. The molecule has 0 radical (unpaired) electrons. The molecule has 0 spiro atoms. The smallest absolute Gasteiger partial charge is 0.248 e. The Balaban J connectivity index is 1.83. The number of nitrogens with zero attached hydrogens (tertiary/aromatic N) is 2. The Morgan fingerprint density at radius 1 is 0.828 bits per heavy atom. The molecule has 140 valence electrons. The number of benzene rings is 4. The van der Waals surface area contributed by atoms with Gasteiger partial charge in [0.1, 0.15) is 0 Å². The van der Waals surface area contributed by atoms with Crippen LogP contribution in [0.1, 0.15) is 16.1 Å². The molecule has 0 bridgehead atoms. The molecule has 4 heteroatoms. The summed E-state index contributed by atoms with van der Waals surface area (Å²) in [5, 5.41) is 9.49. The van der Waals surface area contributed by atoms with Crippen LogP contribution in [0.3, 0.4) is 0 Å². The van der Waals surface area contributed by atoms with E-state index in [-0.39, 0.29) is 0 Å². The monoisotopic (exact) mass is 377 g/mol. The van der Waals surface area contributed by atoms with E-state index >= 15 is 0 Å². The van der Waals surface area contributed by atoms with Gasteiger partial charge in [0.05, 0.1) is 17.1 Å². The van der Waals surface area contributed by atoms with Gasteiger partial charge in [-0.3, -0.25) is 4.79 Å². The Kier molecular flexibility index (Phi) is 3.91. The minimum Gasteiger partial charge on any atom is -0.366 e. The molecule has 0 atom stereocenters. The average molecular weight is 377 g/mol. The van der Waals surface area contributed by atoms with Gasteiger partial charge in [0, 0.05) is 11.1 Å². The number of amides is 1. The molecule has 0 aliphatic carbocycles. The third-order valence-corrected chi connectivity index (χ3v) is 5.26. The maximum absolute atomic E-state index is 11.4. The summed E-state index contributed by atoms with van der Waals surface area (Å²) < 4.78 is 1.94. The molecule has 0 fully saturated rings. The van der Waals surface area contributed by atoms with Crippen molar-refractivity contribution in [2.45, 2.75) is 6.92 Å². The molecule has 1 amide bonds. The summed E-state index contributed by atoms with van der Waals surface area (Å²) in [5.41, 5.74) is 9.85. The highest BCUT2D eigenvalue weighted by molar-refractivity contribution is 6.12. The zero-order valence-electron chi connectivity index (χ0n) is 16.0. The molecular formula is C25H19N3O. The van der Waals surface area contributed by atoms with Gasteiger partial charge in [0.15, 0.2) is 0 Å². The molecule has 0 aliphatic rings. The van der Waals surface area contributed by atoms with Crippen molar-refractivity contribution in [2.24, 2.45) is 5.73 Å². The van der Waals surface area contributed by atoms with Gasteiger partial charge in [-0.25, -0.2) is 4.68 Å². The Labute approximate surface area is 168 Å². The molecule has 0 saturated carbocycles.